The van der Waals surface area contributed by atoms with E-state index in [2.05, 4.69) is 18.7 Å². The Morgan fingerprint density at radius 2 is 2.08 bits per heavy atom. The Balaban J connectivity index is 2.68. The number of anilines is 1. The van der Waals surface area contributed by atoms with Gasteiger partial charge in [0.2, 0.25) is 0 Å². The molecule has 0 saturated heterocycles. The first kappa shape index (κ1) is 9.20. The zero-order valence-corrected chi connectivity index (χ0v) is 7.80. The average molecular weight is 179 g/mol. The van der Waals surface area contributed by atoms with Crippen LogP contribution in [0, 0.1) is 0 Å². The molecule has 2 N–H and O–H groups in total. The molecule has 0 saturated carbocycles. The fraction of sp³-hybridized carbons (Fsp3) is 0.200. The molecule has 12 heavy (non-hydrogen) atoms. The fourth-order valence-electron chi connectivity index (χ4n) is 0.948. The van der Waals surface area contributed by atoms with E-state index >= 15 is 0 Å². The third kappa shape index (κ3) is 2.62. The summed E-state index contributed by atoms with van der Waals surface area (Å²) in [5.74, 6) is 0.878. The standard InChI is InChI=1S/C10H13NS/c11-10-7-2-1-5-9(10)6-3-4-8-12/h1-3,5-7,12H,4,8,11H2. The van der Waals surface area contributed by atoms with E-state index in [0.717, 1.165) is 23.4 Å². The maximum absolute atomic E-state index is 5.73. The van der Waals surface area contributed by atoms with Crippen molar-refractivity contribution in [3.8, 4) is 0 Å². The van der Waals surface area contributed by atoms with Gasteiger partial charge in [0.15, 0.2) is 0 Å². The van der Waals surface area contributed by atoms with Crippen LogP contribution in [0.3, 0.4) is 0 Å². The summed E-state index contributed by atoms with van der Waals surface area (Å²) in [6, 6.07) is 7.83. The number of hydrogen-bond acceptors (Lipinski definition) is 2. The Bertz CT molecular complexity index is 268. The SMILES string of the molecule is Nc1ccccc1C=CCCS. The lowest BCUT2D eigenvalue weighted by atomic mass is 10.1. The number of hydrogen-bond donors (Lipinski definition) is 2. The molecule has 0 aliphatic rings. The lowest BCUT2D eigenvalue weighted by Crippen LogP contribution is -1.87. The van der Waals surface area contributed by atoms with Gasteiger partial charge in [0, 0.05) is 5.69 Å². The third-order valence-corrected chi connectivity index (χ3v) is 1.85. The minimum Gasteiger partial charge on any atom is -0.398 e. The van der Waals surface area contributed by atoms with Gasteiger partial charge >= 0.3 is 0 Å². The van der Waals surface area contributed by atoms with Gasteiger partial charge in [0.05, 0.1) is 0 Å². The normalized spacial score (nSPS) is 10.8. The molecule has 0 fully saturated rings. The number of thiol groups is 1. The van der Waals surface area contributed by atoms with Crippen LogP contribution in [0.4, 0.5) is 5.69 Å². The van der Waals surface area contributed by atoms with E-state index in [-0.39, 0.29) is 0 Å². The largest absolute Gasteiger partial charge is 0.398 e. The minimum absolute atomic E-state index is 0.827. The Kier molecular flexibility index (Phi) is 3.74. The summed E-state index contributed by atoms with van der Waals surface area (Å²) in [6.07, 6.45) is 5.10. The average Bonchev–Trinajstić information content (AvgIpc) is 2.09. The van der Waals surface area contributed by atoms with Gasteiger partial charge in [-0.1, -0.05) is 30.4 Å². The molecule has 2 heteroatoms. The molecule has 0 amide bonds. The van der Waals surface area contributed by atoms with Gasteiger partial charge in [-0.15, -0.1) is 0 Å². The van der Waals surface area contributed by atoms with Gasteiger partial charge in [-0.25, -0.2) is 0 Å². The van der Waals surface area contributed by atoms with E-state index in [0.29, 0.717) is 0 Å². The van der Waals surface area contributed by atoms with E-state index in [1.165, 1.54) is 0 Å². The van der Waals surface area contributed by atoms with Gasteiger partial charge in [-0.2, -0.15) is 12.6 Å². The van der Waals surface area contributed by atoms with Crippen molar-refractivity contribution in [3.63, 3.8) is 0 Å². The van der Waals surface area contributed by atoms with Gasteiger partial charge < -0.3 is 5.73 Å². The van der Waals surface area contributed by atoms with Gasteiger partial charge in [-0.05, 0) is 23.8 Å². The van der Waals surface area contributed by atoms with Crippen molar-refractivity contribution in [1.82, 2.24) is 0 Å². The lowest BCUT2D eigenvalue weighted by Gasteiger charge is -1.97. The molecule has 0 heterocycles. The van der Waals surface area contributed by atoms with Crippen LogP contribution in [0.5, 0.6) is 0 Å². The molecule has 1 aromatic rings. The van der Waals surface area contributed by atoms with Crippen LogP contribution in [0.25, 0.3) is 6.08 Å². The summed E-state index contributed by atoms with van der Waals surface area (Å²) >= 11 is 4.11. The Labute approximate surface area is 78.7 Å². The highest BCUT2D eigenvalue weighted by Gasteiger charge is 1.89. The van der Waals surface area contributed by atoms with E-state index in [4.69, 9.17) is 5.73 Å². The molecule has 0 atom stereocenters. The molecule has 0 unspecified atom stereocenters. The number of benzene rings is 1. The molecule has 0 bridgehead atoms. The van der Waals surface area contributed by atoms with Crippen molar-refractivity contribution < 1.29 is 0 Å². The molecule has 0 aliphatic heterocycles. The van der Waals surface area contributed by atoms with Crippen molar-refractivity contribution in [2.24, 2.45) is 0 Å². The molecule has 0 spiro atoms. The molecule has 0 aliphatic carbocycles. The highest BCUT2D eigenvalue weighted by atomic mass is 32.1. The zero-order valence-electron chi connectivity index (χ0n) is 6.90. The summed E-state index contributed by atoms with van der Waals surface area (Å²) in [5, 5.41) is 0. The maximum Gasteiger partial charge on any atom is 0.0387 e. The Morgan fingerprint density at radius 3 is 2.75 bits per heavy atom. The zero-order chi connectivity index (χ0) is 8.81. The molecule has 64 valence electrons. The second-order valence-corrected chi connectivity index (χ2v) is 2.99. The highest BCUT2D eigenvalue weighted by molar-refractivity contribution is 7.80. The van der Waals surface area contributed by atoms with Crippen LogP contribution in [-0.4, -0.2) is 5.75 Å². The predicted octanol–water partition coefficient (Wildman–Crippen LogP) is 2.60. The first-order chi connectivity index (χ1) is 5.84. The topological polar surface area (TPSA) is 26.0 Å². The summed E-state index contributed by atoms with van der Waals surface area (Å²) < 4.78 is 0. The Morgan fingerprint density at radius 1 is 1.33 bits per heavy atom. The lowest BCUT2D eigenvalue weighted by molar-refractivity contribution is 1.26. The van der Waals surface area contributed by atoms with Crippen LogP contribution in [-0.2, 0) is 0 Å². The van der Waals surface area contributed by atoms with Crippen LogP contribution in [0.15, 0.2) is 30.3 Å². The summed E-state index contributed by atoms with van der Waals surface area (Å²) in [5.41, 5.74) is 7.64. The van der Waals surface area contributed by atoms with Crippen LogP contribution >= 0.6 is 12.6 Å². The highest BCUT2D eigenvalue weighted by Crippen LogP contribution is 2.12. The van der Waals surface area contributed by atoms with Crippen molar-refractivity contribution in [1.29, 1.82) is 0 Å². The third-order valence-electron chi connectivity index (χ3n) is 1.59. The quantitative estimate of drug-likeness (QED) is 0.541. The maximum atomic E-state index is 5.73. The van der Waals surface area contributed by atoms with E-state index < -0.39 is 0 Å². The molecule has 1 rings (SSSR count). The molecule has 0 radical (unpaired) electrons. The van der Waals surface area contributed by atoms with E-state index in [1.807, 2.05) is 30.3 Å². The van der Waals surface area contributed by atoms with Crippen molar-refractivity contribution >= 4 is 24.4 Å². The Hall–Kier alpha value is -0.890. The predicted molar refractivity (Wildman–Crippen MR) is 58.4 cm³/mol. The number of rotatable bonds is 3. The molecular weight excluding hydrogens is 166 g/mol. The number of para-hydroxylation sites is 1. The summed E-state index contributed by atoms with van der Waals surface area (Å²) in [6.45, 7) is 0. The van der Waals surface area contributed by atoms with Crippen molar-refractivity contribution in [2.45, 2.75) is 6.42 Å². The molecule has 1 nitrogen and oxygen atoms in total. The first-order valence-corrected chi connectivity index (χ1v) is 4.59. The first-order valence-electron chi connectivity index (χ1n) is 3.96. The second kappa shape index (κ2) is 4.88. The van der Waals surface area contributed by atoms with Crippen LogP contribution in [0.1, 0.15) is 12.0 Å². The van der Waals surface area contributed by atoms with Crippen LogP contribution in [0.2, 0.25) is 0 Å². The fourth-order valence-corrected chi connectivity index (χ4v) is 1.10. The van der Waals surface area contributed by atoms with Crippen molar-refractivity contribution in [2.75, 3.05) is 11.5 Å². The van der Waals surface area contributed by atoms with E-state index in [1.54, 1.807) is 0 Å². The van der Waals surface area contributed by atoms with Crippen LogP contribution < -0.4 is 5.73 Å². The second-order valence-electron chi connectivity index (χ2n) is 2.54. The smallest absolute Gasteiger partial charge is 0.0387 e. The summed E-state index contributed by atoms with van der Waals surface area (Å²) in [4.78, 5) is 0. The minimum atomic E-state index is 0.827. The molecule has 1 aromatic carbocycles. The van der Waals surface area contributed by atoms with E-state index in [9.17, 15) is 0 Å². The number of nitrogen functional groups attached to an aromatic ring is 1. The number of nitrogens with two attached hydrogens (primary N) is 1. The molecular formula is C10H13NS. The van der Waals surface area contributed by atoms with Crippen molar-refractivity contribution in [3.05, 3.63) is 35.9 Å². The monoisotopic (exact) mass is 179 g/mol. The number of allylic oxidation sites excluding steroid dienone is 1. The van der Waals surface area contributed by atoms with Gasteiger partial charge in [0.1, 0.15) is 0 Å². The summed E-state index contributed by atoms with van der Waals surface area (Å²) in [7, 11) is 0. The molecule has 0 aromatic heterocycles. The van der Waals surface area contributed by atoms with Gasteiger partial charge in [0.25, 0.3) is 0 Å². The van der Waals surface area contributed by atoms with Gasteiger partial charge in [-0.3, -0.25) is 0 Å².